The summed E-state index contributed by atoms with van der Waals surface area (Å²) < 4.78 is 2.15. The Bertz CT molecular complexity index is 835. The Balaban J connectivity index is 1.31. The minimum atomic E-state index is -0.238. The van der Waals surface area contributed by atoms with E-state index in [0.29, 0.717) is 6.54 Å². The summed E-state index contributed by atoms with van der Waals surface area (Å²) in [7, 11) is 0. The maximum Gasteiger partial charge on any atom is 0.231 e. The van der Waals surface area contributed by atoms with Crippen LogP contribution < -0.4 is 5.32 Å². The van der Waals surface area contributed by atoms with Crippen molar-refractivity contribution in [1.29, 1.82) is 0 Å². The fourth-order valence-electron chi connectivity index (χ4n) is 3.22. The summed E-state index contributed by atoms with van der Waals surface area (Å²) in [5.74, 6) is 1.16. The number of hydrogen-bond donors (Lipinski definition) is 1. The molecule has 2 heterocycles. The zero-order valence-electron chi connectivity index (χ0n) is 14.0. The second-order valence-electron chi connectivity index (χ2n) is 6.48. The Morgan fingerprint density at radius 1 is 1.20 bits per heavy atom. The molecule has 5 heteroatoms. The van der Waals surface area contributed by atoms with Gasteiger partial charge in [-0.3, -0.25) is 4.79 Å². The molecule has 0 atom stereocenters. The Morgan fingerprint density at radius 2 is 2.04 bits per heavy atom. The SMILES string of the molecule is O=C(NCCCn1ccnc1-c1ccccc1)C1(c2cccs2)CC1. The molecule has 1 aliphatic carbocycles. The van der Waals surface area contributed by atoms with Crippen molar-refractivity contribution in [2.75, 3.05) is 6.54 Å². The highest BCUT2D eigenvalue weighted by Crippen LogP contribution is 2.50. The smallest absolute Gasteiger partial charge is 0.231 e. The molecule has 1 N–H and O–H groups in total. The van der Waals surface area contributed by atoms with Gasteiger partial charge in [0.1, 0.15) is 5.82 Å². The van der Waals surface area contributed by atoms with E-state index in [4.69, 9.17) is 0 Å². The predicted molar refractivity (Wildman–Crippen MR) is 101 cm³/mol. The van der Waals surface area contributed by atoms with E-state index in [1.807, 2.05) is 42.0 Å². The number of rotatable bonds is 7. The lowest BCUT2D eigenvalue weighted by Gasteiger charge is -2.14. The first-order valence-electron chi connectivity index (χ1n) is 8.68. The first-order chi connectivity index (χ1) is 12.3. The van der Waals surface area contributed by atoms with Gasteiger partial charge in [-0.15, -0.1) is 11.3 Å². The lowest BCUT2D eigenvalue weighted by Crippen LogP contribution is -2.35. The topological polar surface area (TPSA) is 46.9 Å². The van der Waals surface area contributed by atoms with Gasteiger partial charge in [0.25, 0.3) is 0 Å². The highest BCUT2D eigenvalue weighted by Gasteiger charge is 2.51. The van der Waals surface area contributed by atoms with Crippen molar-refractivity contribution < 1.29 is 4.79 Å². The Hall–Kier alpha value is -2.40. The van der Waals surface area contributed by atoms with Crippen LogP contribution in [-0.4, -0.2) is 22.0 Å². The zero-order valence-corrected chi connectivity index (χ0v) is 14.8. The maximum absolute atomic E-state index is 12.6. The standard InChI is InChI=1S/C20H21N3OS/c24-19(20(9-10-20)17-8-4-15-25-17)22-11-5-13-23-14-12-21-18(23)16-6-2-1-3-7-16/h1-4,6-8,12,14-15H,5,9-11,13H2,(H,22,24). The van der Waals surface area contributed by atoms with Crippen LogP contribution in [0.25, 0.3) is 11.4 Å². The zero-order chi connectivity index (χ0) is 17.1. The summed E-state index contributed by atoms with van der Waals surface area (Å²) in [5.41, 5.74) is 0.879. The number of hydrogen-bond acceptors (Lipinski definition) is 3. The second-order valence-corrected chi connectivity index (χ2v) is 7.43. The molecule has 4 nitrogen and oxygen atoms in total. The van der Waals surface area contributed by atoms with Crippen LogP contribution in [0.2, 0.25) is 0 Å². The number of carbonyl (C=O) groups is 1. The summed E-state index contributed by atoms with van der Waals surface area (Å²) in [4.78, 5) is 18.2. The quantitative estimate of drug-likeness (QED) is 0.657. The van der Waals surface area contributed by atoms with Crippen molar-refractivity contribution in [3.05, 3.63) is 65.1 Å². The van der Waals surface area contributed by atoms with E-state index in [0.717, 1.165) is 37.2 Å². The number of benzene rings is 1. The van der Waals surface area contributed by atoms with Gasteiger partial charge in [0, 0.05) is 35.9 Å². The molecule has 25 heavy (non-hydrogen) atoms. The van der Waals surface area contributed by atoms with Gasteiger partial charge in [0.2, 0.25) is 5.91 Å². The van der Waals surface area contributed by atoms with Crippen LogP contribution >= 0.6 is 11.3 Å². The summed E-state index contributed by atoms with van der Waals surface area (Å²) >= 11 is 1.68. The molecule has 0 spiro atoms. The number of imidazole rings is 1. The number of amides is 1. The Labute approximate surface area is 151 Å². The molecular weight excluding hydrogens is 330 g/mol. The molecule has 1 aliphatic rings. The van der Waals surface area contributed by atoms with Gasteiger partial charge >= 0.3 is 0 Å². The van der Waals surface area contributed by atoms with E-state index in [9.17, 15) is 4.79 Å². The molecule has 1 fully saturated rings. The third kappa shape index (κ3) is 3.24. The van der Waals surface area contributed by atoms with Crippen LogP contribution in [0, 0.1) is 0 Å². The van der Waals surface area contributed by atoms with E-state index >= 15 is 0 Å². The van der Waals surface area contributed by atoms with E-state index in [1.54, 1.807) is 11.3 Å². The van der Waals surface area contributed by atoms with E-state index in [2.05, 4.69) is 33.1 Å². The van der Waals surface area contributed by atoms with Gasteiger partial charge in [-0.1, -0.05) is 36.4 Å². The maximum atomic E-state index is 12.6. The van der Waals surface area contributed by atoms with Crippen molar-refractivity contribution in [2.24, 2.45) is 0 Å². The van der Waals surface area contributed by atoms with Crippen molar-refractivity contribution >= 4 is 17.2 Å². The average molecular weight is 351 g/mol. The van der Waals surface area contributed by atoms with Gasteiger partial charge < -0.3 is 9.88 Å². The van der Waals surface area contributed by atoms with Gasteiger partial charge in [-0.25, -0.2) is 4.98 Å². The molecule has 0 bridgehead atoms. The van der Waals surface area contributed by atoms with E-state index in [1.165, 1.54) is 4.88 Å². The monoisotopic (exact) mass is 351 g/mol. The molecule has 0 radical (unpaired) electrons. The largest absolute Gasteiger partial charge is 0.355 e. The molecule has 4 rings (SSSR count). The molecular formula is C20H21N3OS. The van der Waals surface area contributed by atoms with Gasteiger partial charge in [-0.05, 0) is 30.7 Å². The number of aromatic nitrogens is 2. The van der Waals surface area contributed by atoms with Crippen LogP contribution in [-0.2, 0) is 16.8 Å². The van der Waals surface area contributed by atoms with Crippen molar-refractivity contribution in [3.8, 4) is 11.4 Å². The summed E-state index contributed by atoms with van der Waals surface area (Å²) in [6.45, 7) is 1.54. The van der Waals surface area contributed by atoms with E-state index < -0.39 is 0 Å². The third-order valence-corrected chi connectivity index (χ3v) is 5.86. The molecule has 3 aromatic rings. The average Bonchev–Trinajstić information content (AvgIpc) is 3.08. The van der Waals surface area contributed by atoms with Crippen LogP contribution in [0.5, 0.6) is 0 Å². The first kappa shape index (κ1) is 16.1. The third-order valence-electron chi connectivity index (χ3n) is 4.79. The van der Waals surface area contributed by atoms with Crippen LogP contribution in [0.3, 0.4) is 0 Å². The number of carbonyl (C=O) groups excluding carboxylic acids is 1. The molecule has 0 unspecified atom stereocenters. The second kappa shape index (κ2) is 6.84. The highest BCUT2D eigenvalue weighted by molar-refractivity contribution is 7.10. The van der Waals surface area contributed by atoms with Crippen molar-refractivity contribution in [1.82, 2.24) is 14.9 Å². The van der Waals surface area contributed by atoms with Crippen molar-refractivity contribution in [2.45, 2.75) is 31.2 Å². The summed E-state index contributed by atoms with van der Waals surface area (Å²) in [6, 6.07) is 14.3. The number of thiophene rings is 1. The fourth-order valence-corrected chi connectivity index (χ4v) is 4.20. The first-order valence-corrected chi connectivity index (χ1v) is 9.56. The minimum Gasteiger partial charge on any atom is -0.355 e. The molecule has 1 saturated carbocycles. The molecule has 2 aromatic heterocycles. The van der Waals surface area contributed by atoms with Crippen LogP contribution in [0.4, 0.5) is 0 Å². The van der Waals surface area contributed by atoms with E-state index in [-0.39, 0.29) is 11.3 Å². The molecule has 0 saturated heterocycles. The Morgan fingerprint density at radius 3 is 2.76 bits per heavy atom. The molecule has 128 valence electrons. The highest BCUT2D eigenvalue weighted by atomic mass is 32.1. The number of nitrogens with zero attached hydrogens (tertiary/aromatic N) is 2. The molecule has 1 aromatic carbocycles. The van der Waals surface area contributed by atoms with Crippen molar-refractivity contribution in [3.63, 3.8) is 0 Å². The summed E-state index contributed by atoms with van der Waals surface area (Å²) in [6.07, 6.45) is 6.66. The van der Waals surface area contributed by atoms with Gasteiger partial charge in [0.05, 0.1) is 5.41 Å². The Kier molecular flexibility index (Phi) is 4.40. The number of aryl methyl sites for hydroxylation is 1. The lowest BCUT2D eigenvalue weighted by molar-refractivity contribution is -0.123. The van der Waals surface area contributed by atoms with Crippen LogP contribution in [0.1, 0.15) is 24.1 Å². The minimum absolute atomic E-state index is 0.184. The molecule has 1 amide bonds. The predicted octanol–water partition coefficient (Wildman–Crippen LogP) is 3.85. The summed E-state index contributed by atoms with van der Waals surface area (Å²) in [5, 5.41) is 5.18. The van der Waals surface area contributed by atoms with Gasteiger partial charge in [0.15, 0.2) is 0 Å². The number of nitrogens with one attached hydrogen (secondary N) is 1. The fraction of sp³-hybridized carbons (Fsp3) is 0.300. The van der Waals surface area contributed by atoms with Crippen LogP contribution in [0.15, 0.2) is 60.2 Å². The van der Waals surface area contributed by atoms with Gasteiger partial charge in [-0.2, -0.15) is 0 Å². The molecule has 0 aliphatic heterocycles. The normalized spacial score (nSPS) is 15.0. The lowest BCUT2D eigenvalue weighted by atomic mass is 10.0.